The fourth-order valence-electron chi connectivity index (χ4n) is 5.17. The largest absolute Gasteiger partial charge is 0.508 e. The van der Waals surface area contributed by atoms with Crippen molar-refractivity contribution in [3.05, 3.63) is 103 Å². The molecule has 3 heterocycles. The van der Waals surface area contributed by atoms with Crippen molar-refractivity contribution >= 4 is 63.8 Å². The number of carbonyl (C=O) groups excluding carboxylic acids is 3. The summed E-state index contributed by atoms with van der Waals surface area (Å²) in [5.41, 5.74) is 2.48. The van der Waals surface area contributed by atoms with Gasteiger partial charge in [-0.3, -0.25) is 23.7 Å². The van der Waals surface area contributed by atoms with Crippen LogP contribution in [0.4, 0.5) is 11.4 Å². The number of aryl methyl sites for hydroxylation is 1. The van der Waals surface area contributed by atoms with Gasteiger partial charge in [0, 0.05) is 27.1 Å². The van der Waals surface area contributed by atoms with Gasteiger partial charge in [0.1, 0.15) is 17.5 Å². The smallest absolute Gasteiger partial charge is 0.308 e. The van der Waals surface area contributed by atoms with Crippen LogP contribution in [0.3, 0.4) is 0 Å². The molecule has 3 atom stereocenters. The van der Waals surface area contributed by atoms with Crippen LogP contribution in [0.25, 0.3) is 0 Å². The minimum absolute atomic E-state index is 0.0428. The Kier molecular flexibility index (Phi) is 6.77. The average molecular weight is 592 g/mol. The van der Waals surface area contributed by atoms with Crippen LogP contribution in [0.1, 0.15) is 21.9 Å². The van der Waals surface area contributed by atoms with Crippen molar-refractivity contribution in [3.8, 4) is 5.75 Å². The Labute approximate surface area is 242 Å². The number of aromatic nitrogens is 1. The molecule has 1 aromatic heterocycles. The molecule has 4 aromatic rings. The summed E-state index contributed by atoms with van der Waals surface area (Å²) in [5, 5.41) is 13.7. The molecule has 3 aromatic carbocycles. The van der Waals surface area contributed by atoms with Gasteiger partial charge in [0.05, 0.1) is 16.6 Å². The lowest BCUT2D eigenvalue weighted by molar-refractivity contribution is -0.122. The van der Waals surface area contributed by atoms with Crippen LogP contribution in [0.5, 0.6) is 5.75 Å². The van der Waals surface area contributed by atoms with Crippen LogP contribution in [0, 0.1) is 12.8 Å². The number of aromatic hydroxyl groups is 1. The maximum Gasteiger partial charge on any atom is 0.308 e. The van der Waals surface area contributed by atoms with E-state index in [-0.39, 0.29) is 17.2 Å². The second-order valence-electron chi connectivity index (χ2n) is 9.63. The number of carbonyl (C=O) groups is 3. The second kappa shape index (κ2) is 10.3. The van der Waals surface area contributed by atoms with E-state index in [9.17, 15) is 24.3 Å². The number of nitrogens with one attached hydrogen (secondary N) is 1. The van der Waals surface area contributed by atoms with E-state index in [1.807, 2.05) is 19.1 Å². The van der Waals surface area contributed by atoms with Crippen LogP contribution in [0.2, 0.25) is 5.02 Å². The summed E-state index contributed by atoms with van der Waals surface area (Å²) in [5.74, 6) is -2.91. The summed E-state index contributed by atoms with van der Waals surface area (Å²) in [4.78, 5) is 55.1. The Bertz CT molecular complexity index is 1710. The zero-order valence-electron chi connectivity index (χ0n) is 21.0. The number of benzene rings is 3. The predicted octanol–water partition coefficient (Wildman–Crippen LogP) is 5.01. The molecule has 0 saturated carbocycles. The third kappa shape index (κ3) is 4.51. The van der Waals surface area contributed by atoms with Gasteiger partial charge < -0.3 is 10.4 Å². The number of phenolic OH excluding ortho intramolecular Hbond substituents is 1. The first kappa shape index (κ1) is 26.4. The Morgan fingerprint density at radius 2 is 1.68 bits per heavy atom. The van der Waals surface area contributed by atoms with E-state index in [2.05, 4.69) is 5.32 Å². The van der Waals surface area contributed by atoms with Crippen LogP contribution in [0.15, 0.2) is 82.6 Å². The molecule has 0 spiro atoms. The number of amides is 3. The highest BCUT2D eigenvalue weighted by molar-refractivity contribution is 8.00. The van der Waals surface area contributed by atoms with E-state index in [1.54, 1.807) is 54.6 Å². The van der Waals surface area contributed by atoms with E-state index < -0.39 is 34.8 Å². The van der Waals surface area contributed by atoms with Crippen molar-refractivity contribution < 1.29 is 19.5 Å². The molecule has 40 heavy (non-hydrogen) atoms. The average Bonchev–Trinajstić information content (AvgIpc) is 3.37. The molecule has 1 fully saturated rings. The summed E-state index contributed by atoms with van der Waals surface area (Å²) >= 11 is 8.07. The number of rotatable bonds is 5. The Morgan fingerprint density at radius 3 is 2.38 bits per heavy atom. The Hall–Kier alpha value is -3.86. The van der Waals surface area contributed by atoms with Gasteiger partial charge in [-0.15, -0.1) is 0 Å². The lowest BCUT2D eigenvalue weighted by Gasteiger charge is -2.31. The number of hydrogen-bond acceptors (Lipinski definition) is 7. The second-order valence-corrected chi connectivity index (χ2v) is 12.2. The molecule has 3 amide bonds. The number of thiazole rings is 1. The number of halogens is 1. The van der Waals surface area contributed by atoms with Crippen LogP contribution >= 0.6 is 34.7 Å². The number of phenols is 1. The normalized spacial score (nSPS) is 19.9. The molecule has 0 aliphatic carbocycles. The van der Waals surface area contributed by atoms with Gasteiger partial charge in [-0.05, 0) is 49.4 Å². The van der Waals surface area contributed by atoms with E-state index in [0.29, 0.717) is 31.9 Å². The molecule has 0 radical (unpaired) electrons. The van der Waals surface area contributed by atoms with Gasteiger partial charge in [0.25, 0.3) is 0 Å². The topological polar surface area (TPSA) is 109 Å². The third-order valence-electron chi connectivity index (χ3n) is 7.04. The fourth-order valence-corrected chi connectivity index (χ4v) is 8.06. The van der Waals surface area contributed by atoms with Crippen molar-refractivity contribution in [2.24, 2.45) is 5.92 Å². The summed E-state index contributed by atoms with van der Waals surface area (Å²) in [6, 6.07) is 20.3. The molecular weight excluding hydrogens is 570 g/mol. The van der Waals surface area contributed by atoms with Crippen molar-refractivity contribution in [3.63, 3.8) is 0 Å². The molecular formula is C29H22ClN3O5S2. The van der Waals surface area contributed by atoms with Gasteiger partial charge in [-0.1, -0.05) is 70.6 Å². The zero-order valence-corrected chi connectivity index (χ0v) is 23.4. The van der Waals surface area contributed by atoms with Crippen molar-refractivity contribution in [2.75, 3.05) is 10.2 Å². The van der Waals surface area contributed by atoms with Gasteiger partial charge in [-0.25, -0.2) is 4.90 Å². The van der Waals surface area contributed by atoms with E-state index in [4.69, 9.17) is 11.6 Å². The molecule has 0 bridgehead atoms. The highest BCUT2D eigenvalue weighted by atomic mass is 35.5. The molecule has 8 nitrogen and oxygen atoms in total. The first-order valence-corrected chi connectivity index (χ1v) is 14.5. The third-order valence-corrected chi connectivity index (χ3v) is 9.90. The van der Waals surface area contributed by atoms with Gasteiger partial charge in [-0.2, -0.15) is 0 Å². The number of fused-ring (bicyclic) bond motifs is 2. The standard InChI is InChI=1S/C29H22ClN3O5S2/c1-15-6-10-17(11-7-15)31-21(35)14-32-28-25(40-29(32)38)22(19-4-2-3-5-20(19)34)23-24(39-28)27(37)33(26(23)36)18-12-8-16(30)9-13-18/h2-13,22-24,34H,14H2,1H3,(H,31,35). The molecule has 2 aliphatic rings. The summed E-state index contributed by atoms with van der Waals surface area (Å²) in [6.45, 7) is 1.68. The molecule has 11 heteroatoms. The number of imide groups is 1. The quantitative estimate of drug-likeness (QED) is 0.316. The molecule has 3 unspecified atom stereocenters. The SMILES string of the molecule is Cc1ccc(NC(=O)Cn2c3c(sc2=O)C(c2ccccc2O)C2C(=O)N(c4ccc(Cl)cc4)C(=O)C2S3)cc1. The number of hydrogen-bond donors (Lipinski definition) is 2. The zero-order chi connectivity index (χ0) is 28.1. The lowest BCUT2D eigenvalue weighted by atomic mass is 9.82. The Balaban J connectivity index is 1.41. The van der Waals surface area contributed by atoms with Crippen LogP contribution in [-0.4, -0.2) is 32.6 Å². The number of nitrogens with zero attached hydrogens (tertiary/aromatic N) is 2. The molecule has 6 rings (SSSR count). The fraction of sp³-hybridized carbons (Fsp3) is 0.172. The molecule has 2 N–H and O–H groups in total. The first-order valence-electron chi connectivity index (χ1n) is 12.4. The minimum atomic E-state index is -0.860. The number of para-hydroxylation sites is 1. The summed E-state index contributed by atoms with van der Waals surface area (Å²) < 4.78 is 1.35. The molecule has 2 aliphatic heterocycles. The molecule has 202 valence electrons. The van der Waals surface area contributed by atoms with Gasteiger partial charge in [0.2, 0.25) is 17.7 Å². The number of anilines is 2. The van der Waals surface area contributed by atoms with Crippen molar-refractivity contribution in [1.29, 1.82) is 0 Å². The van der Waals surface area contributed by atoms with Crippen LogP contribution in [-0.2, 0) is 20.9 Å². The van der Waals surface area contributed by atoms with E-state index in [0.717, 1.165) is 33.6 Å². The number of thioether (sulfide) groups is 1. The maximum absolute atomic E-state index is 13.9. The summed E-state index contributed by atoms with van der Waals surface area (Å²) in [6.07, 6.45) is 0. The van der Waals surface area contributed by atoms with Crippen molar-refractivity contribution in [2.45, 2.75) is 29.7 Å². The van der Waals surface area contributed by atoms with E-state index in [1.165, 1.54) is 10.6 Å². The van der Waals surface area contributed by atoms with Gasteiger partial charge >= 0.3 is 4.87 Å². The minimum Gasteiger partial charge on any atom is -0.508 e. The highest BCUT2D eigenvalue weighted by Gasteiger charge is 2.57. The van der Waals surface area contributed by atoms with Gasteiger partial charge in [0.15, 0.2) is 0 Å². The maximum atomic E-state index is 13.9. The van der Waals surface area contributed by atoms with Crippen LogP contribution < -0.4 is 15.1 Å². The molecule has 1 saturated heterocycles. The lowest BCUT2D eigenvalue weighted by Crippen LogP contribution is -2.33. The predicted molar refractivity (Wildman–Crippen MR) is 155 cm³/mol. The van der Waals surface area contributed by atoms with Crippen molar-refractivity contribution in [1.82, 2.24) is 4.57 Å². The monoisotopic (exact) mass is 591 g/mol. The highest BCUT2D eigenvalue weighted by Crippen LogP contribution is 2.55. The Morgan fingerprint density at radius 1 is 0.975 bits per heavy atom. The first-order chi connectivity index (χ1) is 19.2. The van der Waals surface area contributed by atoms with E-state index >= 15 is 0 Å². The summed E-state index contributed by atoms with van der Waals surface area (Å²) in [7, 11) is 0.